The van der Waals surface area contributed by atoms with Crippen LogP contribution in [0.4, 0.5) is 4.79 Å². The van der Waals surface area contributed by atoms with Crippen LogP contribution in [0.15, 0.2) is 48.5 Å². The number of benzene rings is 2. The van der Waals surface area contributed by atoms with Crippen molar-refractivity contribution < 1.29 is 29.0 Å². The van der Waals surface area contributed by atoms with E-state index in [1.54, 1.807) is 0 Å². The summed E-state index contributed by atoms with van der Waals surface area (Å²) < 4.78 is 10.7. The van der Waals surface area contributed by atoms with Crippen molar-refractivity contribution in [3.05, 3.63) is 59.7 Å². The van der Waals surface area contributed by atoms with Crippen molar-refractivity contribution in [3.63, 3.8) is 0 Å². The predicted molar refractivity (Wildman–Crippen MR) is 132 cm³/mol. The van der Waals surface area contributed by atoms with Crippen LogP contribution in [0.3, 0.4) is 0 Å². The molecule has 2 atom stereocenters. The molecule has 1 aliphatic carbocycles. The molecule has 0 bridgehead atoms. The molecule has 35 heavy (non-hydrogen) atoms. The number of aliphatic carboxylic acids is 1. The van der Waals surface area contributed by atoms with Crippen molar-refractivity contribution in [2.45, 2.75) is 38.7 Å². The number of nitrogens with one attached hydrogen (secondary N) is 2. The second-order valence-electron chi connectivity index (χ2n) is 9.23. The summed E-state index contributed by atoms with van der Waals surface area (Å²) in [4.78, 5) is 36.2. The molecule has 0 aromatic heterocycles. The van der Waals surface area contributed by atoms with Crippen LogP contribution in [0.25, 0.3) is 11.1 Å². The summed E-state index contributed by atoms with van der Waals surface area (Å²) >= 11 is 0. The first-order valence-corrected chi connectivity index (χ1v) is 11.9. The average Bonchev–Trinajstić information content (AvgIpc) is 3.16. The summed E-state index contributed by atoms with van der Waals surface area (Å²) in [5, 5.41) is 14.4. The van der Waals surface area contributed by atoms with E-state index >= 15 is 0 Å². The minimum atomic E-state index is -0.998. The van der Waals surface area contributed by atoms with Gasteiger partial charge in [-0.1, -0.05) is 62.4 Å². The van der Waals surface area contributed by atoms with Crippen LogP contribution < -0.4 is 10.6 Å². The van der Waals surface area contributed by atoms with Gasteiger partial charge in [-0.05, 0) is 34.6 Å². The molecule has 2 unspecified atom stereocenters. The van der Waals surface area contributed by atoms with E-state index < -0.39 is 24.1 Å². The van der Waals surface area contributed by atoms with Gasteiger partial charge in [-0.25, -0.2) is 4.79 Å². The first-order chi connectivity index (χ1) is 16.8. The highest BCUT2D eigenvalue weighted by atomic mass is 16.5. The van der Waals surface area contributed by atoms with Crippen molar-refractivity contribution in [3.8, 4) is 11.1 Å². The summed E-state index contributed by atoms with van der Waals surface area (Å²) in [7, 11) is 1.41. The van der Waals surface area contributed by atoms with Gasteiger partial charge in [0.25, 0.3) is 0 Å². The zero-order chi connectivity index (χ0) is 25.4. The number of hydrogen-bond acceptors (Lipinski definition) is 5. The normalized spacial score (nSPS) is 14.1. The van der Waals surface area contributed by atoms with Crippen LogP contribution >= 0.6 is 0 Å². The fourth-order valence-corrected chi connectivity index (χ4v) is 4.50. The zero-order valence-electron chi connectivity index (χ0n) is 20.5. The van der Waals surface area contributed by atoms with Gasteiger partial charge in [0.05, 0.1) is 18.4 Å². The number of rotatable bonds is 12. The molecule has 0 heterocycles. The van der Waals surface area contributed by atoms with Gasteiger partial charge < -0.3 is 25.2 Å². The Bertz CT molecular complexity index is 992. The fraction of sp³-hybridized carbons (Fsp3) is 0.444. The lowest BCUT2D eigenvalue weighted by Gasteiger charge is -2.21. The molecule has 0 radical (unpaired) electrons. The number of carboxylic acids is 1. The molecule has 0 spiro atoms. The zero-order valence-corrected chi connectivity index (χ0v) is 20.5. The van der Waals surface area contributed by atoms with E-state index in [-0.39, 0.29) is 43.9 Å². The van der Waals surface area contributed by atoms with E-state index in [4.69, 9.17) is 14.6 Å². The fourth-order valence-electron chi connectivity index (χ4n) is 4.50. The van der Waals surface area contributed by atoms with Gasteiger partial charge in [-0.2, -0.15) is 0 Å². The van der Waals surface area contributed by atoms with E-state index in [0.717, 1.165) is 22.3 Å². The standard InChI is InChI=1S/C27H34N2O6/c1-17(2)12-18(26(32)28-15-19(34-3)13-25(30)31)14-29-27(33)35-16-24-22-10-6-4-8-20(22)21-9-5-7-11-23(21)24/h4-11,17-19,24H,12-16H2,1-3H3,(H,28,32)(H,29,33)(H,30,31). The van der Waals surface area contributed by atoms with Crippen LogP contribution in [0.1, 0.15) is 43.7 Å². The van der Waals surface area contributed by atoms with E-state index in [9.17, 15) is 14.4 Å². The highest BCUT2D eigenvalue weighted by molar-refractivity contribution is 5.80. The Morgan fingerprint density at radius 3 is 2.09 bits per heavy atom. The topological polar surface area (TPSA) is 114 Å². The molecule has 0 saturated carbocycles. The molecule has 8 heteroatoms. The second kappa shape index (κ2) is 12.4. The third-order valence-corrected chi connectivity index (χ3v) is 6.20. The number of hydrogen-bond donors (Lipinski definition) is 3. The maximum Gasteiger partial charge on any atom is 0.407 e. The quantitative estimate of drug-likeness (QED) is 0.424. The van der Waals surface area contributed by atoms with Gasteiger partial charge in [0.15, 0.2) is 0 Å². The van der Waals surface area contributed by atoms with Crippen molar-refractivity contribution >= 4 is 18.0 Å². The molecule has 3 N–H and O–H groups in total. The van der Waals surface area contributed by atoms with E-state index in [1.807, 2.05) is 38.1 Å². The van der Waals surface area contributed by atoms with Crippen molar-refractivity contribution in [1.29, 1.82) is 0 Å². The highest BCUT2D eigenvalue weighted by Crippen LogP contribution is 2.44. The van der Waals surface area contributed by atoms with Gasteiger partial charge in [-0.3, -0.25) is 9.59 Å². The Morgan fingerprint density at radius 1 is 0.943 bits per heavy atom. The van der Waals surface area contributed by atoms with Crippen molar-refractivity contribution in [2.75, 3.05) is 26.8 Å². The second-order valence-corrected chi connectivity index (χ2v) is 9.23. The van der Waals surface area contributed by atoms with E-state index in [1.165, 1.54) is 7.11 Å². The summed E-state index contributed by atoms with van der Waals surface area (Å²) in [6.45, 7) is 4.40. The number of ether oxygens (including phenoxy) is 2. The molecule has 8 nitrogen and oxygen atoms in total. The highest BCUT2D eigenvalue weighted by Gasteiger charge is 2.29. The maximum atomic E-state index is 12.7. The van der Waals surface area contributed by atoms with Crippen LogP contribution in [0.5, 0.6) is 0 Å². The Morgan fingerprint density at radius 2 is 1.54 bits per heavy atom. The minimum absolute atomic E-state index is 0.0388. The lowest BCUT2D eigenvalue weighted by atomic mass is 9.96. The van der Waals surface area contributed by atoms with E-state index in [2.05, 4.69) is 34.9 Å². The van der Waals surface area contributed by atoms with Crippen LogP contribution in [0, 0.1) is 11.8 Å². The van der Waals surface area contributed by atoms with Gasteiger partial charge in [0, 0.05) is 26.1 Å². The Kier molecular flexibility index (Phi) is 9.25. The molecule has 0 aliphatic heterocycles. The maximum absolute atomic E-state index is 12.7. The molecule has 0 fully saturated rings. The monoisotopic (exact) mass is 482 g/mol. The number of alkyl carbamates (subject to hydrolysis) is 1. The van der Waals surface area contributed by atoms with Gasteiger partial charge >= 0.3 is 12.1 Å². The first kappa shape index (κ1) is 26.2. The van der Waals surface area contributed by atoms with E-state index in [0.29, 0.717) is 6.42 Å². The molecule has 2 amide bonds. The predicted octanol–water partition coefficient (Wildman–Crippen LogP) is 3.79. The summed E-state index contributed by atoms with van der Waals surface area (Å²) in [6.07, 6.45) is -0.837. The number of fused-ring (bicyclic) bond motifs is 3. The number of carboxylic acid groups (broad SMARTS) is 1. The lowest BCUT2D eigenvalue weighted by molar-refractivity contribution is -0.140. The SMILES string of the molecule is COC(CNC(=O)C(CNC(=O)OCC1c2ccccc2-c2ccccc21)CC(C)C)CC(=O)O. The molecular weight excluding hydrogens is 448 g/mol. The van der Waals surface area contributed by atoms with Gasteiger partial charge in [0.1, 0.15) is 6.61 Å². The third-order valence-electron chi connectivity index (χ3n) is 6.20. The largest absolute Gasteiger partial charge is 0.481 e. The van der Waals surface area contributed by atoms with Crippen molar-refractivity contribution in [2.24, 2.45) is 11.8 Å². The Balaban J connectivity index is 1.54. The smallest absolute Gasteiger partial charge is 0.407 e. The lowest BCUT2D eigenvalue weighted by Crippen LogP contribution is -2.42. The first-order valence-electron chi connectivity index (χ1n) is 11.9. The minimum Gasteiger partial charge on any atom is -0.481 e. The molecule has 2 aromatic rings. The van der Waals surface area contributed by atoms with Gasteiger partial charge in [0.2, 0.25) is 5.91 Å². The molecule has 0 saturated heterocycles. The number of carbonyl (C=O) groups is 3. The van der Waals surface area contributed by atoms with Crippen molar-refractivity contribution in [1.82, 2.24) is 10.6 Å². The summed E-state index contributed by atoms with van der Waals surface area (Å²) in [5.74, 6) is -1.54. The number of amides is 2. The van der Waals surface area contributed by atoms with Crippen LogP contribution in [-0.4, -0.2) is 56.0 Å². The average molecular weight is 483 g/mol. The Hall–Kier alpha value is -3.39. The molecule has 188 valence electrons. The van der Waals surface area contributed by atoms with Gasteiger partial charge in [-0.15, -0.1) is 0 Å². The summed E-state index contributed by atoms with van der Waals surface area (Å²) in [6, 6.07) is 16.2. The molecular formula is C27H34N2O6. The summed E-state index contributed by atoms with van der Waals surface area (Å²) in [5.41, 5.74) is 4.58. The third kappa shape index (κ3) is 7.05. The number of carbonyl (C=O) groups excluding carboxylic acids is 2. The molecule has 3 rings (SSSR count). The molecule has 2 aromatic carbocycles. The Labute approximate surface area is 206 Å². The van der Waals surface area contributed by atoms with Crippen LogP contribution in [-0.2, 0) is 19.1 Å². The van der Waals surface area contributed by atoms with Crippen LogP contribution in [0.2, 0.25) is 0 Å². The molecule has 1 aliphatic rings. The number of methoxy groups -OCH3 is 1.